The van der Waals surface area contributed by atoms with Gasteiger partial charge in [0.25, 0.3) is 0 Å². The van der Waals surface area contributed by atoms with Crippen LogP contribution in [-0.4, -0.2) is 0 Å². The van der Waals surface area contributed by atoms with Gasteiger partial charge < -0.3 is 0 Å². The smallest absolute Gasteiger partial charge is 0.0210 e. The third kappa shape index (κ3) is 0.482. The van der Waals surface area contributed by atoms with Gasteiger partial charge in [0.1, 0.15) is 0 Å². The maximum absolute atomic E-state index is 2.50. The van der Waals surface area contributed by atoms with Crippen LogP contribution in [-0.2, 0) is 0 Å². The first-order valence-corrected chi connectivity index (χ1v) is 5.28. The van der Waals surface area contributed by atoms with Crippen LogP contribution in [0, 0.1) is 28.1 Å². The third-order valence-electron chi connectivity index (χ3n) is 6.33. The molecule has 2 aliphatic carbocycles. The van der Waals surface area contributed by atoms with E-state index in [1.165, 1.54) is 6.42 Å². The zero-order valence-corrected chi connectivity index (χ0v) is 9.36. The second-order valence-corrected chi connectivity index (χ2v) is 6.16. The van der Waals surface area contributed by atoms with Crippen molar-refractivity contribution in [1.82, 2.24) is 0 Å². The average molecular weight is 166 g/mol. The summed E-state index contributed by atoms with van der Waals surface area (Å²) >= 11 is 0. The summed E-state index contributed by atoms with van der Waals surface area (Å²) in [6.07, 6.45) is 1.45. The molecular formula is C12H22. The number of hydrogen-bond acceptors (Lipinski definition) is 0. The van der Waals surface area contributed by atoms with E-state index >= 15 is 0 Å². The van der Waals surface area contributed by atoms with Crippen LogP contribution in [0.4, 0.5) is 0 Å². The number of fused-ring (bicyclic) bond motifs is 1. The molecule has 2 aliphatic rings. The van der Waals surface area contributed by atoms with Crippen LogP contribution in [0.5, 0.6) is 0 Å². The Bertz CT molecular complexity index is 226. The van der Waals surface area contributed by atoms with E-state index in [0.717, 1.165) is 11.8 Å². The van der Waals surface area contributed by atoms with Gasteiger partial charge in [-0.05, 0) is 34.5 Å². The van der Waals surface area contributed by atoms with E-state index < -0.39 is 0 Å². The fourth-order valence-corrected chi connectivity index (χ4v) is 4.47. The lowest BCUT2D eigenvalue weighted by molar-refractivity contribution is -0.340. The zero-order chi connectivity index (χ0) is 9.36. The molecule has 0 heterocycles. The quantitative estimate of drug-likeness (QED) is 0.514. The Kier molecular flexibility index (Phi) is 1.26. The van der Waals surface area contributed by atoms with Crippen LogP contribution < -0.4 is 0 Å². The lowest BCUT2D eigenvalue weighted by Gasteiger charge is -2.82. The van der Waals surface area contributed by atoms with Crippen molar-refractivity contribution in [2.45, 2.75) is 48.0 Å². The molecule has 4 unspecified atom stereocenters. The van der Waals surface area contributed by atoms with Gasteiger partial charge in [-0.1, -0.05) is 41.5 Å². The normalized spacial score (nSPS) is 61.5. The van der Waals surface area contributed by atoms with Crippen molar-refractivity contribution < 1.29 is 0 Å². The highest BCUT2D eigenvalue weighted by molar-refractivity contribution is 5.24. The molecule has 0 N–H and O–H groups in total. The molecule has 0 heteroatoms. The van der Waals surface area contributed by atoms with Crippen molar-refractivity contribution in [3.63, 3.8) is 0 Å². The Morgan fingerprint density at radius 1 is 1.00 bits per heavy atom. The van der Waals surface area contributed by atoms with E-state index in [1.807, 2.05) is 0 Å². The summed E-state index contributed by atoms with van der Waals surface area (Å²) in [5.41, 5.74) is 1.86. The van der Waals surface area contributed by atoms with E-state index in [0.29, 0.717) is 16.2 Å². The number of hydrogen-bond donors (Lipinski definition) is 0. The summed E-state index contributed by atoms with van der Waals surface area (Å²) in [4.78, 5) is 0. The van der Waals surface area contributed by atoms with Gasteiger partial charge in [0.15, 0.2) is 0 Å². The molecule has 2 saturated carbocycles. The molecule has 0 amide bonds. The van der Waals surface area contributed by atoms with E-state index in [4.69, 9.17) is 0 Å². The predicted molar refractivity (Wildman–Crippen MR) is 52.9 cm³/mol. The van der Waals surface area contributed by atoms with Gasteiger partial charge >= 0.3 is 0 Å². The second kappa shape index (κ2) is 1.76. The van der Waals surface area contributed by atoms with Crippen LogP contribution >= 0.6 is 0 Å². The monoisotopic (exact) mass is 166 g/mol. The molecule has 70 valence electrons. The molecular weight excluding hydrogens is 144 g/mol. The highest BCUT2D eigenvalue weighted by Gasteiger charge is 2.76. The average Bonchev–Trinajstić information content (AvgIpc) is 2.00. The Labute approximate surface area is 76.7 Å². The molecule has 2 rings (SSSR count). The van der Waals surface area contributed by atoms with Crippen LogP contribution in [0.3, 0.4) is 0 Å². The van der Waals surface area contributed by atoms with Crippen molar-refractivity contribution in [1.29, 1.82) is 0 Å². The molecule has 0 nitrogen and oxygen atoms in total. The largest absolute Gasteiger partial charge is 0.0619 e. The minimum Gasteiger partial charge on any atom is -0.0619 e. The van der Waals surface area contributed by atoms with Crippen molar-refractivity contribution in [3.8, 4) is 0 Å². The molecule has 0 aromatic heterocycles. The van der Waals surface area contributed by atoms with Gasteiger partial charge in [-0.25, -0.2) is 0 Å². The van der Waals surface area contributed by atoms with E-state index in [1.54, 1.807) is 0 Å². The summed E-state index contributed by atoms with van der Waals surface area (Å²) in [6, 6.07) is 0. The van der Waals surface area contributed by atoms with Gasteiger partial charge in [-0.3, -0.25) is 0 Å². The van der Waals surface area contributed by atoms with Crippen molar-refractivity contribution in [3.05, 3.63) is 0 Å². The van der Waals surface area contributed by atoms with Crippen molar-refractivity contribution >= 4 is 0 Å². The molecule has 0 aromatic carbocycles. The first-order chi connectivity index (χ1) is 5.28. The summed E-state index contributed by atoms with van der Waals surface area (Å²) in [5, 5.41) is 0. The maximum atomic E-state index is 2.50. The fraction of sp³-hybridized carbons (Fsp3) is 1.00. The van der Waals surface area contributed by atoms with Gasteiger partial charge in [0, 0.05) is 0 Å². The topological polar surface area (TPSA) is 0 Å². The Balaban J connectivity index is 2.36. The molecule has 0 saturated heterocycles. The Morgan fingerprint density at radius 2 is 1.50 bits per heavy atom. The van der Waals surface area contributed by atoms with Gasteiger partial charge in [0.05, 0.1) is 0 Å². The van der Waals surface area contributed by atoms with Gasteiger partial charge in [0.2, 0.25) is 0 Å². The first-order valence-electron chi connectivity index (χ1n) is 5.28. The van der Waals surface area contributed by atoms with Gasteiger partial charge in [-0.2, -0.15) is 0 Å². The number of rotatable bonds is 0. The minimum atomic E-state index is 0.578. The van der Waals surface area contributed by atoms with E-state index in [-0.39, 0.29) is 0 Å². The SMILES string of the molecule is CC1CC2(C)C(C)(C)C(C)C12C. The molecule has 12 heavy (non-hydrogen) atoms. The Morgan fingerprint density at radius 3 is 1.75 bits per heavy atom. The highest BCUT2D eigenvalue weighted by Crippen LogP contribution is 2.82. The molecule has 2 fully saturated rings. The zero-order valence-electron chi connectivity index (χ0n) is 9.36. The van der Waals surface area contributed by atoms with E-state index in [9.17, 15) is 0 Å². The van der Waals surface area contributed by atoms with Crippen molar-refractivity contribution in [2.75, 3.05) is 0 Å². The molecule has 4 atom stereocenters. The lowest BCUT2D eigenvalue weighted by Crippen LogP contribution is -2.76. The standard InChI is InChI=1S/C12H22/c1-8-7-11(5)10(3,4)9(2)12(8,11)6/h8-9H,7H2,1-6H3. The van der Waals surface area contributed by atoms with Gasteiger partial charge in [-0.15, -0.1) is 0 Å². The first kappa shape index (κ1) is 8.59. The molecule has 0 spiro atoms. The predicted octanol–water partition coefficient (Wildman–Crippen LogP) is 3.71. The Hall–Kier alpha value is 0. The van der Waals surface area contributed by atoms with Crippen LogP contribution in [0.25, 0.3) is 0 Å². The minimum absolute atomic E-state index is 0.578. The molecule has 0 bridgehead atoms. The molecule has 0 radical (unpaired) electrons. The molecule has 0 aliphatic heterocycles. The third-order valence-corrected chi connectivity index (χ3v) is 6.33. The molecule has 0 aromatic rings. The van der Waals surface area contributed by atoms with Crippen molar-refractivity contribution in [2.24, 2.45) is 28.1 Å². The summed E-state index contributed by atoms with van der Waals surface area (Å²) in [5.74, 6) is 1.85. The van der Waals surface area contributed by atoms with E-state index in [2.05, 4.69) is 41.5 Å². The van der Waals surface area contributed by atoms with Crippen LogP contribution in [0.15, 0.2) is 0 Å². The van der Waals surface area contributed by atoms with Crippen LogP contribution in [0.1, 0.15) is 48.0 Å². The van der Waals surface area contributed by atoms with Crippen LogP contribution in [0.2, 0.25) is 0 Å². The summed E-state index contributed by atoms with van der Waals surface area (Å²) in [7, 11) is 0. The summed E-state index contributed by atoms with van der Waals surface area (Å²) < 4.78 is 0. The second-order valence-electron chi connectivity index (χ2n) is 6.16. The highest BCUT2D eigenvalue weighted by atomic mass is 14.8. The maximum Gasteiger partial charge on any atom is -0.0210 e. The fourth-order valence-electron chi connectivity index (χ4n) is 4.47. The lowest BCUT2D eigenvalue weighted by atomic mass is 9.22. The summed E-state index contributed by atoms with van der Waals surface area (Å²) in [6.45, 7) is 14.8.